The summed E-state index contributed by atoms with van der Waals surface area (Å²) in [5, 5.41) is 5.00. The van der Waals surface area contributed by atoms with E-state index in [0.29, 0.717) is 12.1 Å². The van der Waals surface area contributed by atoms with Gasteiger partial charge in [-0.1, -0.05) is 12.1 Å². The van der Waals surface area contributed by atoms with Crippen LogP contribution in [0.2, 0.25) is 0 Å². The molecule has 0 bridgehead atoms. The zero-order chi connectivity index (χ0) is 12.4. The third kappa shape index (κ3) is 2.42. The minimum absolute atomic E-state index is 0.427. The number of hydrogen-bond donors (Lipinski definition) is 3. The third-order valence-electron chi connectivity index (χ3n) is 4.04. The van der Waals surface area contributed by atoms with Crippen molar-refractivity contribution in [2.75, 3.05) is 0 Å². The van der Waals surface area contributed by atoms with Gasteiger partial charge in [-0.05, 0) is 43.4 Å². The van der Waals surface area contributed by atoms with Gasteiger partial charge in [-0.25, -0.2) is 0 Å². The van der Waals surface area contributed by atoms with Gasteiger partial charge in [0.2, 0.25) is 0 Å². The SMILES string of the molecule is NC1CCC(NCc2cccc3[nH]ccc23)CC1. The Hall–Kier alpha value is -1.32. The molecule has 3 rings (SSSR count). The molecule has 0 amide bonds. The van der Waals surface area contributed by atoms with E-state index >= 15 is 0 Å². The summed E-state index contributed by atoms with van der Waals surface area (Å²) in [5.41, 5.74) is 8.53. The van der Waals surface area contributed by atoms with Crippen molar-refractivity contribution in [2.45, 2.75) is 44.3 Å². The van der Waals surface area contributed by atoms with Crippen LogP contribution in [-0.4, -0.2) is 17.1 Å². The molecule has 0 unspecified atom stereocenters. The second-order valence-corrected chi connectivity index (χ2v) is 5.35. The largest absolute Gasteiger partial charge is 0.361 e. The fourth-order valence-electron chi connectivity index (χ4n) is 2.88. The van der Waals surface area contributed by atoms with Crippen LogP contribution in [0.3, 0.4) is 0 Å². The summed E-state index contributed by atoms with van der Waals surface area (Å²) in [7, 11) is 0. The summed E-state index contributed by atoms with van der Waals surface area (Å²) in [6.07, 6.45) is 6.75. The lowest BCUT2D eigenvalue weighted by Gasteiger charge is -2.27. The Balaban J connectivity index is 1.64. The number of aromatic nitrogens is 1. The normalized spacial score (nSPS) is 24.5. The molecule has 0 atom stereocenters. The molecule has 1 aromatic carbocycles. The Bertz CT molecular complexity index is 509. The number of aromatic amines is 1. The first-order valence-electron chi connectivity index (χ1n) is 6.87. The molecule has 0 saturated heterocycles. The first-order valence-corrected chi connectivity index (χ1v) is 6.87. The van der Waals surface area contributed by atoms with Gasteiger partial charge in [-0.15, -0.1) is 0 Å². The van der Waals surface area contributed by atoms with Crippen LogP contribution in [0.25, 0.3) is 10.9 Å². The molecule has 1 aliphatic carbocycles. The molecular weight excluding hydrogens is 222 g/mol. The van der Waals surface area contributed by atoms with E-state index in [1.165, 1.54) is 29.3 Å². The second-order valence-electron chi connectivity index (χ2n) is 5.35. The lowest BCUT2D eigenvalue weighted by molar-refractivity contribution is 0.342. The van der Waals surface area contributed by atoms with Crippen LogP contribution < -0.4 is 11.1 Å². The van der Waals surface area contributed by atoms with E-state index in [1.807, 2.05) is 6.20 Å². The maximum absolute atomic E-state index is 5.93. The molecule has 3 heteroatoms. The topological polar surface area (TPSA) is 53.8 Å². The van der Waals surface area contributed by atoms with Gasteiger partial charge < -0.3 is 16.0 Å². The summed E-state index contributed by atoms with van der Waals surface area (Å²) in [6.45, 7) is 0.953. The molecule has 96 valence electrons. The minimum atomic E-state index is 0.427. The molecular formula is C15H21N3. The quantitative estimate of drug-likeness (QED) is 0.776. The molecule has 4 N–H and O–H groups in total. The predicted octanol–water partition coefficient (Wildman–Crippen LogP) is 2.53. The molecule has 0 spiro atoms. The Kier molecular flexibility index (Phi) is 3.35. The fraction of sp³-hybridized carbons (Fsp3) is 0.467. The Morgan fingerprint density at radius 1 is 1.17 bits per heavy atom. The van der Waals surface area contributed by atoms with Crippen molar-refractivity contribution in [1.29, 1.82) is 0 Å². The summed E-state index contributed by atoms with van der Waals surface area (Å²) < 4.78 is 0. The number of rotatable bonds is 3. The van der Waals surface area contributed by atoms with E-state index in [0.717, 1.165) is 19.4 Å². The van der Waals surface area contributed by atoms with Gasteiger partial charge in [0.25, 0.3) is 0 Å². The van der Waals surface area contributed by atoms with Crippen LogP contribution in [0.4, 0.5) is 0 Å². The highest BCUT2D eigenvalue weighted by Gasteiger charge is 2.17. The van der Waals surface area contributed by atoms with Crippen LogP contribution in [-0.2, 0) is 6.54 Å². The van der Waals surface area contributed by atoms with Crippen LogP contribution in [0.15, 0.2) is 30.5 Å². The van der Waals surface area contributed by atoms with E-state index < -0.39 is 0 Å². The number of nitrogens with one attached hydrogen (secondary N) is 2. The van der Waals surface area contributed by atoms with Gasteiger partial charge in [0.1, 0.15) is 0 Å². The van der Waals surface area contributed by atoms with Crippen molar-refractivity contribution in [1.82, 2.24) is 10.3 Å². The number of nitrogens with two attached hydrogens (primary N) is 1. The lowest BCUT2D eigenvalue weighted by atomic mass is 9.91. The molecule has 1 aliphatic rings. The van der Waals surface area contributed by atoms with E-state index in [1.54, 1.807) is 0 Å². The van der Waals surface area contributed by atoms with Gasteiger partial charge in [0, 0.05) is 35.7 Å². The Morgan fingerprint density at radius 2 is 2.00 bits per heavy atom. The summed E-state index contributed by atoms with van der Waals surface area (Å²) in [6, 6.07) is 9.67. The first kappa shape index (κ1) is 11.8. The summed E-state index contributed by atoms with van der Waals surface area (Å²) in [4.78, 5) is 3.26. The Morgan fingerprint density at radius 3 is 2.83 bits per heavy atom. The van der Waals surface area contributed by atoms with Gasteiger partial charge in [-0.2, -0.15) is 0 Å². The molecule has 18 heavy (non-hydrogen) atoms. The van der Waals surface area contributed by atoms with Gasteiger partial charge >= 0.3 is 0 Å². The first-order chi connectivity index (χ1) is 8.83. The summed E-state index contributed by atoms with van der Waals surface area (Å²) in [5.74, 6) is 0. The highest BCUT2D eigenvalue weighted by Crippen LogP contribution is 2.20. The zero-order valence-electron chi connectivity index (χ0n) is 10.7. The molecule has 2 aromatic rings. The predicted molar refractivity (Wildman–Crippen MR) is 75.4 cm³/mol. The van der Waals surface area contributed by atoms with Crippen LogP contribution >= 0.6 is 0 Å². The number of hydrogen-bond acceptors (Lipinski definition) is 2. The van der Waals surface area contributed by atoms with Crippen molar-refractivity contribution in [3.63, 3.8) is 0 Å². The Labute approximate surface area is 108 Å². The molecule has 1 fully saturated rings. The fourth-order valence-corrected chi connectivity index (χ4v) is 2.88. The molecule has 1 aromatic heterocycles. The highest BCUT2D eigenvalue weighted by molar-refractivity contribution is 5.82. The smallest absolute Gasteiger partial charge is 0.0457 e. The summed E-state index contributed by atoms with van der Waals surface area (Å²) >= 11 is 0. The molecule has 0 radical (unpaired) electrons. The molecule has 3 nitrogen and oxygen atoms in total. The molecule has 1 saturated carbocycles. The van der Waals surface area contributed by atoms with Gasteiger partial charge in [0.05, 0.1) is 0 Å². The van der Waals surface area contributed by atoms with Crippen molar-refractivity contribution < 1.29 is 0 Å². The number of fused-ring (bicyclic) bond motifs is 1. The lowest BCUT2D eigenvalue weighted by Crippen LogP contribution is -2.37. The standard InChI is InChI=1S/C15H21N3/c16-12-4-6-13(7-5-12)18-10-11-2-1-3-15-14(11)8-9-17-15/h1-3,8-9,12-13,17-18H,4-7,10,16H2. The van der Waals surface area contributed by atoms with Crippen molar-refractivity contribution in [2.24, 2.45) is 5.73 Å². The zero-order valence-corrected chi connectivity index (χ0v) is 10.7. The number of H-pyrrole nitrogens is 1. The molecule has 1 heterocycles. The highest BCUT2D eigenvalue weighted by atomic mass is 14.9. The maximum atomic E-state index is 5.93. The van der Waals surface area contributed by atoms with Crippen molar-refractivity contribution in [3.05, 3.63) is 36.0 Å². The van der Waals surface area contributed by atoms with E-state index in [4.69, 9.17) is 5.73 Å². The molecule has 0 aliphatic heterocycles. The third-order valence-corrected chi connectivity index (χ3v) is 4.04. The van der Waals surface area contributed by atoms with E-state index in [-0.39, 0.29) is 0 Å². The van der Waals surface area contributed by atoms with E-state index in [9.17, 15) is 0 Å². The average Bonchev–Trinajstić information content (AvgIpc) is 2.87. The van der Waals surface area contributed by atoms with Crippen molar-refractivity contribution >= 4 is 10.9 Å². The van der Waals surface area contributed by atoms with Crippen LogP contribution in [0.5, 0.6) is 0 Å². The average molecular weight is 243 g/mol. The minimum Gasteiger partial charge on any atom is -0.361 e. The maximum Gasteiger partial charge on any atom is 0.0457 e. The van der Waals surface area contributed by atoms with Crippen LogP contribution in [0.1, 0.15) is 31.2 Å². The van der Waals surface area contributed by atoms with Gasteiger partial charge in [0.15, 0.2) is 0 Å². The number of benzene rings is 1. The van der Waals surface area contributed by atoms with Gasteiger partial charge in [-0.3, -0.25) is 0 Å². The van der Waals surface area contributed by atoms with Crippen molar-refractivity contribution in [3.8, 4) is 0 Å². The second kappa shape index (κ2) is 5.12. The van der Waals surface area contributed by atoms with Crippen LogP contribution in [0, 0.1) is 0 Å². The van der Waals surface area contributed by atoms with E-state index in [2.05, 4.69) is 34.6 Å². The monoisotopic (exact) mass is 243 g/mol.